The van der Waals surface area contributed by atoms with Crippen LogP contribution in [0.15, 0.2) is 213 Å². The molecule has 5 nitrogen and oxygen atoms in total. The van der Waals surface area contributed by atoms with Crippen LogP contribution in [0.4, 0.5) is 0 Å². The Morgan fingerprint density at radius 2 is 0.663 bits per heavy atom. The first-order valence-electron chi connectivity index (χ1n) is 35.7. The van der Waals surface area contributed by atoms with Gasteiger partial charge in [0.2, 0.25) is 28.5 Å². The number of nitrogens with zero attached hydrogens (tertiary/aromatic N) is 5. The van der Waals surface area contributed by atoms with Gasteiger partial charge in [0.25, 0.3) is 0 Å². The van der Waals surface area contributed by atoms with Crippen LogP contribution in [-0.2, 0) is 47.1 Å². The van der Waals surface area contributed by atoms with Crippen molar-refractivity contribution in [3.63, 3.8) is 0 Å². The van der Waals surface area contributed by atoms with Crippen molar-refractivity contribution in [1.29, 1.82) is 0 Å². The Hall–Kier alpha value is -8.15. The van der Waals surface area contributed by atoms with Gasteiger partial charge in [-0.05, 0) is 224 Å². The van der Waals surface area contributed by atoms with Crippen molar-refractivity contribution >= 4 is 0 Å². The summed E-state index contributed by atoms with van der Waals surface area (Å²) in [5, 5.41) is 0. The number of benzene rings is 5. The van der Waals surface area contributed by atoms with E-state index < -0.39 is 0 Å². The summed E-state index contributed by atoms with van der Waals surface area (Å²) in [6, 6.07) is 66.5. The third-order valence-corrected chi connectivity index (χ3v) is 19.9. The van der Waals surface area contributed by atoms with Crippen molar-refractivity contribution in [3.05, 3.63) is 269 Å². The van der Waals surface area contributed by atoms with Crippen LogP contribution < -0.4 is 22.8 Å². The molecule has 12 rings (SSSR count). The van der Waals surface area contributed by atoms with Crippen LogP contribution >= 0.6 is 0 Å². The summed E-state index contributed by atoms with van der Waals surface area (Å²) >= 11 is 0. The minimum Gasteiger partial charge on any atom is -0.201 e. The number of hydrogen-bond acceptors (Lipinski definition) is 0. The van der Waals surface area contributed by atoms with E-state index in [4.69, 9.17) is 0 Å². The highest BCUT2D eigenvalue weighted by atomic mass is 14.9. The molecule has 0 spiro atoms. The van der Waals surface area contributed by atoms with Crippen LogP contribution in [0.3, 0.4) is 0 Å². The number of rotatable bonds is 11. The number of hydrogen-bond donors (Lipinski definition) is 0. The van der Waals surface area contributed by atoms with E-state index in [1.54, 1.807) is 5.56 Å². The molecule has 0 radical (unpaired) electrons. The highest BCUT2D eigenvalue weighted by Crippen LogP contribution is 2.38. The smallest absolute Gasteiger partial charge is 0.201 e. The average Bonchev–Trinajstić information content (AvgIpc) is 1.18. The van der Waals surface area contributed by atoms with Gasteiger partial charge in [0.15, 0.2) is 31.0 Å². The number of aromatic nitrogens is 5. The van der Waals surface area contributed by atoms with Gasteiger partial charge in [-0.2, -0.15) is 0 Å². The first-order valence-corrected chi connectivity index (χ1v) is 35.7. The van der Waals surface area contributed by atoms with Gasteiger partial charge in [0.1, 0.15) is 35.2 Å². The molecule has 10 aromatic rings. The Morgan fingerprint density at radius 1 is 0.347 bits per heavy atom. The van der Waals surface area contributed by atoms with E-state index in [0.717, 1.165) is 18.3 Å². The highest BCUT2D eigenvalue weighted by molar-refractivity contribution is 5.65. The third-order valence-electron chi connectivity index (χ3n) is 19.9. The van der Waals surface area contributed by atoms with Gasteiger partial charge in [-0.1, -0.05) is 148 Å². The minimum atomic E-state index is 0.210. The predicted octanol–water partition coefficient (Wildman–Crippen LogP) is 20.9. The average molecular weight is 1270 g/mol. The maximum absolute atomic E-state index is 2.42. The van der Waals surface area contributed by atoms with Crippen LogP contribution in [0.5, 0.6) is 0 Å². The Kier molecular flexibility index (Phi) is 26.0. The number of aryl methyl sites for hydroxylation is 10. The molecule has 2 aliphatic carbocycles. The molecule has 5 aromatic heterocycles. The summed E-state index contributed by atoms with van der Waals surface area (Å²) in [6.07, 6.45) is 26.6. The first-order chi connectivity index (χ1) is 45.4. The molecule has 0 amide bonds. The lowest BCUT2D eigenvalue weighted by Gasteiger charge is -2.22. The maximum Gasteiger partial charge on any atom is 0.212 e. The molecular formula is C90H116N5+5. The predicted molar refractivity (Wildman–Crippen MR) is 401 cm³/mol. The molecule has 95 heavy (non-hydrogen) atoms. The van der Waals surface area contributed by atoms with Crippen molar-refractivity contribution in [2.24, 2.45) is 40.7 Å². The fourth-order valence-corrected chi connectivity index (χ4v) is 14.3. The van der Waals surface area contributed by atoms with E-state index in [1.165, 1.54) is 177 Å². The second-order valence-electron chi connectivity index (χ2n) is 29.7. The molecule has 496 valence electrons. The van der Waals surface area contributed by atoms with Gasteiger partial charge >= 0.3 is 0 Å². The maximum atomic E-state index is 2.42. The van der Waals surface area contributed by atoms with E-state index in [1.807, 2.05) is 0 Å². The van der Waals surface area contributed by atoms with Gasteiger partial charge in [0, 0.05) is 88.5 Å². The Balaban J connectivity index is 0.000000152. The minimum absolute atomic E-state index is 0.210. The van der Waals surface area contributed by atoms with Crippen LogP contribution in [0, 0.1) is 40.0 Å². The summed E-state index contributed by atoms with van der Waals surface area (Å²) in [4.78, 5) is 0. The normalized spacial score (nSPS) is 13.3. The second kappa shape index (κ2) is 34.0. The van der Waals surface area contributed by atoms with Gasteiger partial charge in [-0.15, -0.1) is 0 Å². The Labute approximate surface area is 575 Å². The fourth-order valence-electron chi connectivity index (χ4n) is 14.3. The summed E-state index contributed by atoms with van der Waals surface area (Å²) < 4.78 is 10.9. The lowest BCUT2D eigenvalue weighted by Crippen LogP contribution is -2.30. The monoisotopic (exact) mass is 1270 g/mol. The quantitative estimate of drug-likeness (QED) is 0.115. The summed E-state index contributed by atoms with van der Waals surface area (Å²) in [6.45, 7) is 29.3. The van der Waals surface area contributed by atoms with Crippen LogP contribution in [-0.4, -0.2) is 0 Å². The third kappa shape index (κ3) is 20.0. The molecule has 0 aliphatic heterocycles. The Bertz CT molecular complexity index is 4010. The fraction of sp³-hybridized carbons (Fsp3) is 0.389. The zero-order chi connectivity index (χ0) is 68.4. The van der Waals surface area contributed by atoms with Crippen molar-refractivity contribution in [1.82, 2.24) is 0 Å². The van der Waals surface area contributed by atoms with E-state index >= 15 is 0 Å². The summed E-state index contributed by atoms with van der Waals surface area (Å²) in [5.41, 5.74) is 27.8. The molecule has 5 heterocycles. The van der Waals surface area contributed by atoms with Gasteiger partial charge in [0.05, 0.1) is 0 Å². The van der Waals surface area contributed by atoms with E-state index in [2.05, 4.69) is 361 Å². The van der Waals surface area contributed by atoms with Gasteiger partial charge in [-0.25, -0.2) is 22.8 Å². The zero-order valence-corrected chi connectivity index (χ0v) is 61.7. The topological polar surface area (TPSA) is 19.4 Å². The molecule has 0 saturated heterocycles. The first kappa shape index (κ1) is 72.7. The lowest BCUT2D eigenvalue weighted by molar-refractivity contribution is -0.660. The Morgan fingerprint density at radius 3 is 0.968 bits per heavy atom. The SMILES string of the molecule is CCC(CC)c1ccc(-c2cccc[n+]2C)c(C)c1.Cc1cc(C(C)(C)C)ccc1-c1cccc[n+]1C.Cc1cc(C2CCCC2)ccc1-c1cccc[n+]1C.Cc1cc(C2CCCCC2)ccc1-c1cccc[n+]1C.Cc1cc(CC(C)(C)C)ccc1-c1cccc[n+]1C. The molecule has 2 aliphatic rings. The molecular weight excluding hydrogens is 1150 g/mol. The van der Waals surface area contributed by atoms with Crippen molar-refractivity contribution in [2.45, 2.75) is 190 Å². The second-order valence-corrected chi connectivity index (χ2v) is 29.7. The lowest BCUT2D eigenvalue weighted by atomic mass is 9.83. The van der Waals surface area contributed by atoms with Crippen LogP contribution in [0.2, 0.25) is 0 Å². The molecule has 0 unspecified atom stereocenters. The largest absolute Gasteiger partial charge is 0.212 e. The molecule has 2 saturated carbocycles. The molecule has 5 heteroatoms. The molecule has 0 N–H and O–H groups in total. The van der Waals surface area contributed by atoms with E-state index in [9.17, 15) is 0 Å². The molecule has 2 fully saturated rings. The summed E-state index contributed by atoms with van der Waals surface area (Å²) in [5.74, 6) is 2.29. The van der Waals surface area contributed by atoms with E-state index in [-0.39, 0.29) is 5.41 Å². The molecule has 5 aromatic carbocycles. The van der Waals surface area contributed by atoms with E-state index in [0.29, 0.717) is 11.3 Å². The summed E-state index contributed by atoms with van der Waals surface area (Å²) in [7, 11) is 10.5. The highest BCUT2D eigenvalue weighted by Gasteiger charge is 2.23. The molecule has 0 bridgehead atoms. The zero-order valence-electron chi connectivity index (χ0n) is 61.7. The molecule has 0 atom stereocenters. The van der Waals surface area contributed by atoms with Crippen molar-refractivity contribution in [2.75, 3.05) is 0 Å². The van der Waals surface area contributed by atoms with Crippen LogP contribution in [0.25, 0.3) is 56.3 Å². The van der Waals surface area contributed by atoms with Crippen LogP contribution in [0.1, 0.15) is 199 Å². The van der Waals surface area contributed by atoms with Gasteiger partial charge in [-0.3, -0.25) is 0 Å². The number of pyridine rings is 5. The van der Waals surface area contributed by atoms with Crippen molar-refractivity contribution < 1.29 is 22.8 Å². The van der Waals surface area contributed by atoms with Gasteiger partial charge < -0.3 is 0 Å². The standard InChI is InChI=1S/C19H24N.C18H22N.2C18H24N.C17H22N/c1-15-14-17(16-8-4-3-5-9-16)11-12-18(15)19-10-6-7-13-20(19)2;1-14-13-16(15-7-3-4-8-15)10-11-17(14)18-9-5-6-12-19(18)2;1-14-12-15(13-18(2,3)4)9-10-16(14)17-8-6-7-11-19(17)5;1-5-15(6-2)16-10-11-17(14(3)13-16)18-9-7-8-12-19(18)4;1-13-12-14(17(2,3)4)9-10-15(13)16-8-6-7-11-18(16)5/h6-7,10-14,16H,3-5,8-9H2,1-2H3;5-6,9-13,15H,3-4,7-8H2,1-2H3;6-12H,13H2,1-5H3;7-13,15H,5-6H2,1-4H3;6-12H,1-5H3/q5*+1. The van der Waals surface area contributed by atoms with Crippen molar-refractivity contribution in [3.8, 4) is 56.3 Å².